The summed E-state index contributed by atoms with van der Waals surface area (Å²) in [7, 11) is 0. The van der Waals surface area contributed by atoms with E-state index in [9.17, 15) is 9.59 Å². The predicted octanol–water partition coefficient (Wildman–Crippen LogP) is 6.44. The first kappa shape index (κ1) is 25.7. The molecular formula is C28H21BrClN3O5. The molecule has 0 aliphatic rings. The Hall–Kier alpha value is -3.95. The van der Waals surface area contributed by atoms with Crippen molar-refractivity contribution in [2.75, 3.05) is 6.61 Å². The van der Waals surface area contributed by atoms with Crippen LogP contribution in [0.2, 0.25) is 5.02 Å². The van der Waals surface area contributed by atoms with Crippen molar-refractivity contribution in [1.82, 2.24) is 9.66 Å². The van der Waals surface area contributed by atoms with Gasteiger partial charge in [0.15, 0.2) is 18.1 Å². The number of rotatable bonds is 7. The van der Waals surface area contributed by atoms with Crippen LogP contribution in [0.4, 0.5) is 0 Å². The Balaban J connectivity index is 1.52. The van der Waals surface area contributed by atoms with Gasteiger partial charge in [-0.05, 0) is 71.7 Å². The predicted molar refractivity (Wildman–Crippen MR) is 150 cm³/mol. The fraction of sp³-hybridized carbons (Fsp3) is 0.143. The standard InChI is InChI=1S/C28H21BrClN3O5/c1-16(2)37-25(34)15-36-26-20(29)11-17(12-21(26)30)14-31-33-27(24-13-18-7-3-6-10-23(18)38-24)32-22-9-5-4-8-19(22)28(33)35/h3-14,16H,15H2,1-2H3. The smallest absolute Gasteiger partial charge is 0.344 e. The van der Waals surface area contributed by atoms with Crippen LogP contribution in [0.3, 0.4) is 0 Å². The third-order valence-electron chi connectivity index (χ3n) is 5.44. The monoisotopic (exact) mass is 593 g/mol. The molecule has 10 heteroatoms. The van der Waals surface area contributed by atoms with Crippen LogP contribution >= 0.6 is 27.5 Å². The molecule has 2 heterocycles. The van der Waals surface area contributed by atoms with Crippen LogP contribution < -0.4 is 10.3 Å². The second kappa shape index (κ2) is 10.8. The van der Waals surface area contributed by atoms with E-state index in [0.29, 0.717) is 32.3 Å². The summed E-state index contributed by atoms with van der Waals surface area (Å²) in [5.74, 6) is 0.448. The number of furan rings is 1. The fourth-order valence-electron chi connectivity index (χ4n) is 3.83. The molecule has 0 unspecified atom stereocenters. The van der Waals surface area contributed by atoms with Crippen molar-refractivity contribution >= 4 is 61.6 Å². The first-order valence-corrected chi connectivity index (χ1v) is 12.8. The third-order valence-corrected chi connectivity index (χ3v) is 6.31. The van der Waals surface area contributed by atoms with Crippen molar-refractivity contribution < 1.29 is 18.7 Å². The summed E-state index contributed by atoms with van der Waals surface area (Å²) in [6, 6.07) is 19.7. The van der Waals surface area contributed by atoms with Gasteiger partial charge in [-0.2, -0.15) is 9.78 Å². The molecule has 0 radical (unpaired) electrons. The highest BCUT2D eigenvalue weighted by atomic mass is 79.9. The number of carbonyl (C=O) groups is 1. The van der Waals surface area contributed by atoms with Gasteiger partial charge in [-0.15, -0.1) is 0 Å². The molecule has 8 nitrogen and oxygen atoms in total. The number of fused-ring (bicyclic) bond motifs is 2. The van der Waals surface area contributed by atoms with Crippen molar-refractivity contribution in [3.8, 4) is 17.3 Å². The summed E-state index contributed by atoms with van der Waals surface area (Å²) in [5, 5.41) is 6.00. The minimum atomic E-state index is -0.505. The average molecular weight is 595 g/mol. The molecule has 0 saturated heterocycles. The lowest BCUT2D eigenvalue weighted by atomic mass is 10.2. The van der Waals surface area contributed by atoms with E-state index in [1.54, 1.807) is 44.2 Å². The lowest BCUT2D eigenvalue weighted by Gasteiger charge is -2.12. The molecule has 0 fully saturated rings. The highest BCUT2D eigenvalue weighted by Gasteiger charge is 2.17. The minimum Gasteiger partial charge on any atom is -0.479 e. The van der Waals surface area contributed by atoms with Gasteiger partial charge >= 0.3 is 5.97 Å². The zero-order valence-corrected chi connectivity index (χ0v) is 22.7. The van der Waals surface area contributed by atoms with Crippen LogP contribution in [0.5, 0.6) is 5.75 Å². The summed E-state index contributed by atoms with van der Waals surface area (Å²) >= 11 is 9.85. The van der Waals surface area contributed by atoms with Gasteiger partial charge in [0.05, 0.1) is 32.7 Å². The molecule has 3 aromatic carbocycles. The van der Waals surface area contributed by atoms with Crippen molar-refractivity contribution in [3.63, 3.8) is 0 Å². The van der Waals surface area contributed by atoms with E-state index < -0.39 is 5.97 Å². The van der Waals surface area contributed by atoms with E-state index in [4.69, 9.17) is 25.5 Å². The number of halogens is 2. The van der Waals surface area contributed by atoms with Crippen molar-refractivity contribution in [2.24, 2.45) is 5.10 Å². The number of ether oxygens (including phenoxy) is 2. The van der Waals surface area contributed by atoms with Gasteiger partial charge in [-0.1, -0.05) is 41.9 Å². The molecule has 0 atom stereocenters. The van der Waals surface area contributed by atoms with Gasteiger partial charge in [-0.3, -0.25) is 4.79 Å². The SMILES string of the molecule is CC(C)OC(=O)COc1c(Cl)cc(C=Nn2c(-c3cc4ccccc4o3)nc3ccccc3c2=O)cc1Br. The van der Waals surface area contributed by atoms with Crippen molar-refractivity contribution in [3.05, 3.63) is 92.1 Å². The van der Waals surface area contributed by atoms with Crippen LogP contribution in [0, 0.1) is 0 Å². The van der Waals surface area contributed by atoms with Crippen LogP contribution in [0.25, 0.3) is 33.5 Å². The Bertz CT molecular complexity index is 1700. The highest BCUT2D eigenvalue weighted by Crippen LogP contribution is 2.34. The van der Waals surface area contributed by atoms with E-state index in [1.807, 2.05) is 36.4 Å². The van der Waals surface area contributed by atoms with Crippen LogP contribution in [-0.4, -0.2) is 34.6 Å². The summed E-state index contributed by atoms with van der Waals surface area (Å²) in [4.78, 5) is 30.0. The van der Waals surface area contributed by atoms with Crippen LogP contribution in [0.15, 0.2) is 85.5 Å². The molecular weight excluding hydrogens is 574 g/mol. The number of carbonyl (C=O) groups excluding carboxylic acids is 1. The highest BCUT2D eigenvalue weighted by molar-refractivity contribution is 9.10. The molecule has 0 aliphatic heterocycles. The maximum absolute atomic E-state index is 13.4. The van der Waals surface area contributed by atoms with Crippen LogP contribution in [0.1, 0.15) is 19.4 Å². The molecule has 5 aromatic rings. The number of aromatic nitrogens is 2. The van der Waals surface area contributed by atoms with Gasteiger partial charge in [-0.25, -0.2) is 9.78 Å². The minimum absolute atomic E-state index is 0.249. The molecule has 0 spiro atoms. The quantitative estimate of drug-likeness (QED) is 0.159. The fourth-order valence-corrected chi connectivity index (χ4v) is 4.82. The maximum atomic E-state index is 13.4. The normalized spacial score (nSPS) is 11.6. The molecule has 5 rings (SSSR count). The molecule has 2 aromatic heterocycles. The lowest BCUT2D eigenvalue weighted by molar-refractivity contribution is -0.149. The largest absolute Gasteiger partial charge is 0.479 e. The third kappa shape index (κ3) is 5.34. The zero-order valence-electron chi connectivity index (χ0n) is 20.4. The van der Waals surface area contributed by atoms with E-state index in [-0.39, 0.29) is 34.9 Å². The van der Waals surface area contributed by atoms with Gasteiger partial charge in [0.25, 0.3) is 5.56 Å². The van der Waals surface area contributed by atoms with Gasteiger partial charge in [0.1, 0.15) is 5.58 Å². The van der Waals surface area contributed by atoms with Crippen molar-refractivity contribution in [1.29, 1.82) is 0 Å². The molecule has 192 valence electrons. The average Bonchev–Trinajstić information content (AvgIpc) is 3.31. The molecule has 0 amide bonds. The Labute approximate surface area is 230 Å². The topological polar surface area (TPSA) is 95.9 Å². The molecule has 0 bridgehead atoms. The maximum Gasteiger partial charge on any atom is 0.344 e. The summed E-state index contributed by atoms with van der Waals surface area (Å²) in [6.07, 6.45) is 1.23. The van der Waals surface area contributed by atoms with Crippen LogP contribution in [-0.2, 0) is 9.53 Å². The number of para-hydroxylation sites is 2. The molecule has 38 heavy (non-hydrogen) atoms. The summed E-state index contributed by atoms with van der Waals surface area (Å²) in [6.45, 7) is 3.22. The van der Waals surface area contributed by atoms with E-state index in [0.717, 1.165) is 5.39 Å². The second-order valence-corrected chi connectivity index (χ2v) is 9.87. The second-order valence-electron chi connectivity index (χ2n) is 8.60. The van der Waals surface area contributed by atoms with Crippen molar-refractivity contribution in [2.45, 2.75) is 20.0 Å². The lowest BCUT2D eigenvalue weighted by Crippen LogP contribution is -2.20. The summed E-state index contributed by atoms with van der Waals surface area (Å²) < 4.78 is 18.3. The number of esters is 1. The van der Waals surface area contributed by atoms with E-state index >= 15 is 0 Å². The van der Waals surface area contributed by atoms with Gasteiger partial charge in [0, 0.05) is 5.39 Å². The number of hydrogen-bond acceptors (Lipinski definition) is 7. The number of hydrogen-bond donors (Lipinski definition) is 0. The molecule has 0 N–H and O–H groups in total. The Morgan fingerprint density at radius 2 is 1.92 bits per heavy atom. The Morgan fingerprint density at radius 3 is 2.68 bits per heavy atom. The molecule has 0 aliphatic carbocycles. The molecule has 0 saturated carbocycles. The van der Waals surface area contributed by atoms with E-state index in [1.165, 1.54) is 10.9 Å². The first-order valence-electron chi connectivity index (χ1n) is 11.7. The Kier molecular flexibility index (Phi) is 7.31. The van der Waals surface area contributed by atoms with Gasteiger partial charge in [0.2, 0.25) is 5.82 Å². The number of nitrogens with zero attached hydrogens (tertiary/aromatic N) is 3. The first-order chi connectivity index (χ1) is 18.3. The summed E-state index contributed by atoms with van der Waals surface area (Å²) in [5.41, 5.74) is 1.43. The van der Waals surface area contributed by atoms with E-state index in [2.05, 4.69) is 26.0 Å². The van der Waals surface area contributed by atoms with Gasteiger partial charge < -0.3 is 13.9 Å². The number of benzene rings is 3. The Morgan fingerprint density at radius 1 is 1.16 bits per heavy atom. The zero-order chi connectivity index (χ0) is 26.8.